The van der Waals surface area contributed by atoms with Crippen molar-refractivity contribution in [1.82, 2.24) is 0 Å². The summed E-state index contributed by atoms with van der Waals surface area (Å²) in [5, 5.41) is 0. The number of hydrogen-bond donors (Lipinski definition) is 0. The van der Waals surface area contributed by atoms with Gasteiger partial charge >= 0.3 is 0 Å². The van der Waals surface area contributed by atoms with Crippen LogP contribution in [-0.2, 0) is 0 Å². The highest BCUT2D eigenvalue weighted by Crippen LogP contribution is 1.90. The van der Waals surface area contributed by atoms with Crippen molar-refractivity contribution in [2.75, 3.05) is 0 Å². The Labute approximate surface area is 67.9 Å². The summed E-state index contributed by atoms with van der Waals surface area (Å²) in [5.74, 6) is 0. The molecule has 0 aromatic carbocycles. The highest BCUT2D eigenvalue weighted by molar-refractivity contribution is 5.23. The summed E-state index contributed by atoms with van der Waals surface area (Å²) < 4.78 is 0. The molecule has 0 atom stereocenters. The normalized spacial score (nSPS) is 30.5. The smallest absolute Gasteiger partial charge is 0.0633 e. The predicted octanol–water partition coefficient (Wildman–Crippen LogP) is 2.99. The van der Waals surface area contributed by atoms with Crippen LogP contribution in [-0.4, -0.2) is 0 Å². The molecule has 0 nitrogen and oxygen atoms in total. The van der Waals surface area contributed by atoms with Gasteiger partial charge in [-0.2, -0.15) is 30.7 Å². The Bertz CT molecular complexity index is 200. The average Bonchev–Trinajstić information content (AvgIpc) is 2.08. The van der Waals surface area contributed by atoms with Crippen molar-refractivity contribution < 1.29 is 0 Å². The average molecular weight is 143 g/mol. The van der Waals surface area contributed by atoms with E-state index in [1.54, 1.807) is 0 Å². The van der Waals surface area contributed by atoms with Crippen LogP contribution in [0.5, 0.6) is 0 Å². The lowest BCUT2D eigenvalue weighted by Gasteiger charge is -1.86. The first-order chi connectivity index (χ1) is 5.50. The molecule has 1 rings (SSSR count). The topological polar surface area (TPSA) is 0 Å². The van der Waals surface area contributed by atoms with Gasteiger partial charge in [0.15, 0.2) is 0 Å². The Morgan fingerprint density at radius 1 is 0.455 bits per heavy atom. The summed E-state index contributed by atoms with van der Waals surface area (Å²) in [5.41, 5.74) is 0. The van der Waals surface area contributed by atoms with E-state index >= 15 is 0 Å². The minimum Gasteiger partial charge on any atom is -0.172 e. The van der Waals surface area contributed by atoms with Crippen molar-refractivity contribution in [1.29, 1.82) is 0 Å². The van der Waals surface area contributed by atoms with E-state index in [2.05, 4.69) is 0 Å². The fraction of sp³-hybridized carbons (Fsp3) is 0. The van der Waals surface area contributed by atoms with Crippen LogP contribution in [0, 0.1) is 6.42 Å². The van der Waals surface area contributed by atoms with Crippen LogP contribution < -0.4 is 0 Å². The lowest BCUT2D eigenvalue weighted by molar-refractivity contribution is 1.73. The molecular weight excluding hydrogens is 132 g/mol. The van der Waals surface area contributed by atoms with Gasteiger partial charge in [0.1, 0.15) is 0 Å². The van der Waals surface area contributed by atoms with E-state index in [0.29, 0.717) is 0 Å². The SMILES string of the molecule is C1=C\C=C\C=C/[CH-]\C=C/C=C/1. The summed E-state index contributed by atoms with van der Waals surface area (Å²) in [4.78, 5) is 0. The predicted molar refractivity (Wildman–Crippen MR) is 50.0 cm³/mol. The van der Waals surface area contributed by atoms with Crippen LogP contribution in [0.1, 0.15) is 0 Å². The molecule has 0 amide bonds. The van der Waals surface area contributed by atoms with Gasteiger partial charge in [0, 0.05) is 0 Å². The van der Waals surface area contributed by atoms with E-state index in [1.165, 1.54) is 0 Å². The van der Waals surface area contributed by atoms with E-state index in [4.69, 9.17) is 0 Å². The summed E-state index contributed by atoms with van der Waals surface area (Å²) in [6.07, 6.45) is 22.0. The molecule has 0 aromatic heterocycles. The van der Waals surface area contributed by atoms with Gasteiger partial charge in [-0.05, 0) is 0 Å². The third-order valence-corrected chi connectivity index (χ3v) is 1.22. The van der Waals surface area contributed by atoms with Crippen LogP contribution in [0.3, 0.4) is 0 Å². The minimum atomic E-state index is 2.00. The standard InChI is InChI=1S/C11H11/c1-2-4-6-8-10-11-9-7-5-3-1/h1-11H/q-1/b2-1-,5-3+,6-4+,9-7-,10-8-. The van der Waals surface area contributed by atoms with Crippen LogP contribution in [0.15, 0.2) is 60.8 Å². The van der Waals surface area contributed by atoms with Crippen molar-refractivity contribution in [3.63, 3.8) is 0 Å². The summed E-state index contributed by atoms with van der Waals surface area (Å²) in [6.45, 7) is 0. The summed E-state index contributed by atoms with van der Waals surface area (Å²) >= 11 is 0. The second-order valence-corrected chi connectivity index (χ2v) is 2.12. The fourth-order valence-electron chi connectivity index (χ4n) is 0.706. The van der Waals surface area contributed by atoms with Crippen LogP contribution >= 0.6 is 0 Å². The molecule has 56 valence electrons. The molecule has 0 saturated carbocycles. The zero-order chi connectivity index (χ0) is 7.78. The first kappa shape index (κ1) is 7.67. The Morgan fingerprint density at radius 3 is 1.27 bits per heavy atom. The van der Waals surface area contributed by atoms with Crippen molar-refractivity contribution in [2.45, 2.75) is 0 Å². The van der Waals surface area contributed by atoms with Gasteiger partial charge < -0.3 is 0 Å². The van der Waals surface area contributed by atoms with E-state index < -0.39 is 0 Å². The van der Waals surface area contributed by atoms with E-state index in [1.807, 2.05) is 67.2 Å². The fourth-order valence-corrected chi connectivity index (χ4v) is 0.706. The summed E-state index contributed by atoms with van der Waals surface area (Å²) in [7, 11) is 0. The molecule has 0 unspecified atom stereocenters. The van der Waals surface area contributed by atoms with Gasteiger partial charge in [-0.15, -0.1) is 12.2 Å². The second kappa shape index (κ2) is 5.36. The monoisotopic (exact) mass is 143 g/mol. The molecule has 0 bridgehead atoms. The van der Waals surface area contributed by atoms with Gasteiger partial charge in [-0.25, -0.2) is 0 Å². The maximum Gasteiger partial charge on any atom is -0.0633 e. The summed E-state index contributed by atoms with van der Waals surface area (Å²) in [6, 6.07) is 0. The highest BCUT2D eigenvalue weighted by Gasteiger charge is 1.62. The molecular formula is C11H11-. The highest BCUT2D eigenvalue weighted by atomic mass is 13.8. The quantitative estimate of drug-likeness (QED) is 0.457. The zero-order valence-electron chi connectivity index (χ0n) is 6.35. The van der Waals surface area contributed by atoms with Crippen LogP contribution in [0.2, 0.25) is 0 Å². The third kappa shape index (κ3) is 4.04. The van der Waals surface area contributed by atoms with Crippen molar-refractivity contribution >= 4 is 0 Å². The Hall–Kier alpha value is -1.43. The van der Waals surface area contributed by atoms with E-state index in [0.717, 1.165) is 0 Å². The van der Waals surface area contributed by atoms with Crippen molar-refractivity contribution in [2.24, 2.45) is 0 Å². The molecule has 0 fully saturated rings. The second-order valence-electron chi connectivity index (χ2n) is 2.12. The molecule has 1 aliphatic rings. The van der Waals surface area contributed by atoms with E-state index in [9.17, 15) is 0 Å². The Balaban J connectivity index is 2.61. The van der Waals surface area contributed by atoms with E-state index in [-0.39, 0.29) is 0 Å². The van der Waals surface area contributed by atoms with Gasteiger partial charge in [0.25, 0.3) is 0 Å². The molecule has 0 heteroatoms. The molecule has 11 heavy (non-hydrogen) atoms. The molecule has 0 aromatic rings. The zero-order valence-corrected chi connectivity index (χ0v) is 6.35. The largest absolute Gasteiger partial charge is 0.172 e. The maximum absolute atomic E-state index is 2.00. The number of allylic oxidation sites excluding steroid dienone is 10. The molecule has 1 aliphatic carbocycles. The van der Waals surface area contributed by atoms with Crippen molar-refractivity contribution in [3.8, 4) is 0 Å². The molecule has 0 radical (unpaired) electrons. The Kier molecular flexibility index (Phi) is 3.74. The molecule has 0 aliphatic heterocycles. The maximum atomic E-state index is 2.00. The molecule has 0 N–H and O–H groups in total. The first-order valence-corrected chi connectivity index (χ1v) is 3.67. The third-order valence-electron chi connectivity index (χ3n) is 1.22. The van der Waals surface area contributed by atoms with Crippen LogP contribution in [0.25, 0.3) is 0 Å². The molecule has 0 saturated heterocycles. The Morgan fingerprint density at radius 2 is 0.818 bits per heavy atom. The molecule has 0 spiro atoms. The van der Waals surface area contributed by atoms with Gasteiger partial charge in [-0.1, -0.05) is 24.3 Å². The van der Waals surface area contributed by atoms with Gasteiger partial charge in [0.05, 0.1) is 0 Å². The minimum absolute atomic E-state index is 2.00. The number of hydrogen-bond acceptors (Lipinski definition) is 0. The lowest BCUT2D eigenvalue weighted by atomic mass is 10.3. The number of rotatable bonds is 0. The van der Waals surface area contributed by atoms with Crippen LogP contribution in [0.4, 0.5) is 0 Å². The molecule has 0 heterocycles. The van der Waals surface area contributed by atoms with Crippen molar-refractivity contribution in [3.05, 3.63) is 67.2 Å². The van der Waals surface area contributed by atoms with Gasteiger partial charge in [-0.3, -0.25) is 0 Å². The first-order valence-electron chi connectivity index (χ1n) is 3.67. The van der Waals surface area contributed by atoms with Gasteiger partial charge in [0.2, 0.25) is 0 Å². The lowest BCUT2D eigenvalue weighted by Crippen LogP contribution is -1.57.